The van der Waals surface area contributed by atoms with Gasteiger partial charge in [-0.15, -0.1) is 0 Å². The lowest BCUT2D eigenvalue weighted by atomic mass is 10.5. The van der Waals surface area contributed by atoms with E-state index in [4.69, 9.17) is 5.11 Å². The third kappa shape index (κ3) is 3.49. The Morgan fingerprint density at radius 1 is 1.62 bits per heavy atom. The van der Waals surface area contributed by atoms with Gasteiger partial charge in [-0.05, 0) is 17.1 Å². The summed E-state index contributed by atoms with van der Waals surface area (Å²) in [5, 5.41) is 19.3. The fraction of sp³-hybridized carbons (Fsp3) is 0.667. The molecule has 0 saturated carbocycles. The molecule has 0 spiro atoms. The second-order valence-electron chi connectivity index (χ2n) is 3.26. The smallest absolute Gasteiger partial charge is 0.342 e. The zero-order valence-electron chi connectivity index (χ0n) is 9.13. The number of rotatable bonds is 7. The number of nitro groups is 1. The Labute approximate surface area is 97.8 Å². The van der Waals surface area contributed by atoms with E-state index in [0.29, 0.717) is 12.4 Å². The summed E-state index contributed by atoms with van der Waals surface area (Å²) < 4.78 is 1.60. The van der Waals surface area contributed by atoms with E-state index in [1.807, 2.05) is 0 Å². The summed E-state index contributed by atoms with van der Waals surface area (Å²) in [6.45, 7) is 2.53. The number of aliphatic hydroxyl groups excluding tert-OH is 1. The third-order valence-corrected chi connectivity index (χ3v) is 3.18. The second kappa shape index (κ2) is 6.49. The van der Waals surface area contributed by atoms with Gasteiger partial charge in [-0.2, -0.15) is 11.8 Å². The van der Waals surface area contributed by atoms with E-state index in [1.165, 1.54) is 6.20 Å². The molecule has 1 aromatic rings. The van der Waals surface area contributed by atoms with Crippen LogP contribution in [0.1, 0.15) is 12.2 Å². The maximum Gasteiger partial charge on any atom is 0.342 e. The first-order valence-corrected chi connectivity index (χ1v) is 6.17. The monoisotopic (exact) mass is 245 g/mol. The summed E-state index contributed by atoms with van der Waals surface area (Å²) in [6, 6.07) is 0. The largest absolute Gasteiger partial charge is 0.396 e. The van der Waals surface area contributed by atoms with E-state index in [0.717, 1.165) is 17.9 Å². The van der Waals surface area contributed by atoms with Crippen molar-refractivity contribution in [3.05, 3.63) is 22.1 Å². The van der Waals surface area contributed by atoms with Crippen LogP contribution in [0.4, 0.5) is 5.82 Å². The molecule has 90 valence electrons. The quantitative estimate of drug-likeness (QED) is 0.443. The average molecular weight is 245 g/mol. The van der Waals surface area contributed by atoms with Gasteiger partial charge in [0, 0.05) is 19.3 Å². The summed E-state index contributed by atoms with van der Waals surface area (Å²) in [5.41, 5.74) is 0. The van der Waals surface area contributed by atoms with Crippen LogP contribution < -0.4 is 0 Å². The lowest BCUT2D eigenvalue weighted by molar-refractivity contribution is -0.392. The molecule has 0 amide bonds. The highest BCUT2D eigenvalue weighted by Crippen LogP contribution is 2.14. The predicted octanol–water partition coefficient (Wildman–Crippen LogP) is 1.22. The highest BCUT2D eigenvalue weighted by molar-refractivity contribution is 7.99. The van der Waals surface area contributed by atoms with Gasteiger partial charge < -0.3 is 15.2 Å². The van der Waals surface area contributed by atoms with Crippen molar-refractivity contribution in [2.45, 2.75) is 19.9 Å². The number of hydrogen-bond acceptors (Lipinski definition) is 5. The standard InChI is InChI=1S/C9H15N3O3S/c1-8-10-7-9(12(14)15)11(8)3-6-16-5-2-4-13/h7,13H,2-6H2,1H3. The van der Waals surface area contributed by atoms with Crippen LogP contribution in [-0.2, 0) is 6.54 Å². The minimum Gasteiger partial charge on any atom is -0.396 e. The van der Waals surface area contributed by atoms with E-state index in [-0.39, 0.29) is 12.4 Å². The van der Waals surface area contributed by atoms with Crippen molar-refractivity contribution in [1.82, 2.24) is 9.55 Å². The molecular weight excluding hydrogens is 230 g/mol. The number of aromatic nitrogens is 2. The van der Waals surface area contributed by atoms with Crippen LogP contribution >= 0.6 is 11.8 Å². The van der Waals surface area contributed by atoms with Crippen molar-refractivity contribution in [2.24, 2.45) is 0 Å². The first-order valence-electron chi connectivity index (χ1n) is 5.02. The zero-order valence-corrected chi connectivity index (χ0v) is 9.94. The lowest BCUT2D eigenvalue weighted by Crippen LogP contribution is -2.07. The van der Waals surface area contributed by atoms with Gasteiger partial charge in [-0.1, -0.05) is 0 Å². The molecule has 1 rings (SSSR count). The minimum atomic E-state index is -0.418. The van der Waals surface area contributed by atoms with Gasteiger partial charge in [-0.25, -0.2) is 9.55 Å². The van der Waals surface area contributed by atoms with Crippen LogP contribution in [0.2, 0.25) is 0 Å². The Morgan fingerprint density at radius 2 is 2.38 bits per heavy atom. The summed E-state index contributed by atoms with van der Waals surface area (Å²) in [7, 11) is 0. The molecule has 0 unspecified atom stereocenters. The summed E-state index contributed by atoms with van der Waals surface area (Å²) in [5.74, 6) is 2.37. The molecule has 0 aliphatic heterocycles. The highest BCUT2D eigenvalue weighted by atomic mass is 32.2. The molecule has 0 aliphatic carbocycles. The molecule has 6 nitrogen and oxygen atoms in total. The molecule has 0 fully saturated rings. The molecular formula is C9H15N3O3S. The number of hydrogen-bond donors (Lipinski definition) is 1. The Bertz CT molecular complexity index is 354. The van der Waals surface area contributed by atoms with Crippen LogP contribution in [-0.4, -0.2) is 37.7 Å². The Hall–Kier alpha value is -1.08. The maximum absolute atomic E-state index is 10.7. The number of thioether (sulfide) groups is 1. The van der Waals surface area contributed by atoms with Gasteiger partial charge in [0.25, 0.3) is 0 Å². The molecule has 0 aromatic carbocycles. The van der Waals surface area contributed by atoms with Crippen molar-refractivity contribution in [1.29, 1.82) is 0 Å². The topological polar surface area (TPSA) is 81.2 Å². The first-order chi connectivity index (χ1) is 7.66. The van der Waals surface area contributed by atoms with Crippen molar-refractivity contribution >= 4 is 17.6 Å². The van der Waals surface area contributed by atoms with E-state index < -0.39 is 4.92 Å². The number of nitrogens with zero attached hydrogens (tertiary/aromatic N) is 3. The molecule has 1 heterocycles. The molecule has 0 radical (unpaired) electrons. The molecule has 7 heteroatoms. The maximum atomic E-state index is 10.7. The van der Waals surface area contributed by atoms with Crippen LogP contribution in [0.5, 0.6) is 0 Å². The molecule has 1 N–H and O–H groups in total. The van der Waals surface area contributed by atoms with Gasteiger partial charge in [0.1, 0.15) is 12.7 Å². The van der Waals surface area contributed by atoms with Gasteiger partial charge in [0.2, 0.25) is 0 Å². The molecule has 16 heavy (non-hydrogen) atoms. The van der Waals surface area contributed by atoms with Gasteiger partial charge in [0.05, 0.1) is 0 Å². The first kappa shape index (κ1) is 13.0. The van der Waals surface area contributed by atoms with E-state index in [2.05, 4.69) is 4.98 Å². The third-order valence-electron chi connectivity index (χ3n) is 2.13. The Kier molecular flexibility index (Phi) is 5.27. The van der Waals surface area contributed by atoms with Gasteiger partial charge >= 0.3 is 5.82 Å². The molecule has 0 saturated heterocycles. The van der Waals surface area contributed by atoms with E-state index >= 15 is 0 Å². The second-order valence-corrected chi connectivity index (χ2v) is 4.49. The fourth-order valence-corrected chi connectivity index (χ4v) is 2.15. The van der Waals surface area contributed by atoms with Crippen molar-refractivity contribution in [2.75, 3.05) is 18.1 Å². The van der Waals surface area contributed by atoms with Crippen molar-refractivity contribution in [3.63, 3.8) is 0 Å². The highest BCUT2D eigenvalue weighted by Gasteiger charge is 2.16. The zero-order chi connectivity index (χ0) is 12.0. The van der Waals surface area contributed by atoms with Crippen LogP contribution in [0.3, 0.4) is 0 Å². The summed E-state index contributed by atoms with van der Waals surface area (Å²) >= 11 is 1.67. The SMILES string of the molecule is Cc1ncc([N+](=O)[O-])n1CCSCCCO. The van der Waals surface area contributed by atoms with E-state index in [1.54, 1.807) is 23.3 Å². The Morgan fingerprint density at radius 3 is 3.00 bits per heavy atom. The van der Waals surface area contributed by atoms with Crippen LogP contribution in [0.15, 0.2) is 6.20 Å². The average Bonchev–Trinajstić information content (AvgIpc) is 2.60. The molecule has 1 aromatic heterocycles. The van der Waals surface area contributed by atoms with E-state index in [9.17, 15) is 10.1 Å². The minimum absolute atomic E-state index is 0.0419. The number of aliphatic hydroxyl groups is 1. The van der Waals surface area contributed by atoms with Crippen molar-refractivity contribution in [3.8, 4) is 0 Å². The Balaban J connectivity index is 2.46. The number of imidazole rings is 1. The molecule has 0 aliphatic rings. The molecule has 0 atom stereocenters. The number of aryl methyl sites for hydroxylation is 1. The normalized spacial score (nSPS) is 10.6. The predicted molar refractivity (Wildman–Crippen MR) is 62.6 cm³/mol. The fourth-order valence-electron chi connectivity index (χ4n) is 1.30. The van der Waals surface area contributed by atoms with Crippen LogP contribution in [0, 0.1) is 17.0 Å². The van der Waals surface area contributed by atoms with Gasteiger partial charge in [0.15, 0.2) is 5.82 Å². The lowest BCUT2D eigenvalue weighted by Gasteiger charge is -2.02. The summed E-state index contributed by atoms with van der Waals surface area (Å²) in [4.78, 5) is 14.2. The van der Waals surface area contributed by atoms with Crippen molar-refractivity contribution < 1.29 is 10.0 Å². The van der Waals surface area contributed by atoms with Crippen LogP contribution in [0.25, 0.3) is 0 Å². The molecule has 0 bridgehead atoms. The summed E-state index contributed by atoms with van der Waals surface area (Å²) in [6.07, 6.45) is 2.05. The van der Waals surface area contributed by atoms with Gasteiger partial charge in [-0.3, -0.25) is 0 Å².